The molecular weight excluding hydrogens is 442 g/mol. The van der Waals surface area contributed by atoms with Gasteiger partial charge in [-0.2, -0.15) is 0 Å². The van der Waals surface area contributed by atoms with Crippen LogP contribution in [-0.2, 0) is 25.4 Å². The Morgan fingerprint density at radius 3 is 2.71 bits per heavy atom. The number of likely N-dealkylation sites (tertiary alicyclic amines) is 1. The van der Waals surface area contributed by atoms with E-state index in [-0.39, 0.29) is 24.5 Å². The topological polar surface area (TPSA) is 129 Å². The molecule has 1 aliphatic heterocycles. The van der Waals surface area contributed by atoms with E-state index >= 15 is 0 Å². The Labute approximate surface area is 193 Å². The van der Waals surface area contributed by atoms with Crippen molar-refractivity contribution in [2.45, 2.75) is 18.7 Å². The number of aromatic nitrogens is 6. The van der Waals surface area contributed by atoms with Gasteiger partial charge in [0.25, 0.3) is 11.5 Å². The SMILES string of the molecule is COCCn1cnc2cc(C(=O)N3C[C@H](O)[C@@H](n4cnc5c(=O)n(C)c(=O)n(C)c54)C3)ccc21. The number of aliphatic hydroxyl groups is 1. The minimum absolute atomic E-state index is 0.113. The van der Waals surface area contributed by atoms with Crippen molar-refractivity contribution in [3.05, 3.63) is 57.3 Å². The number of rotatable bonds is 5. The smallest absolute Gasteiger partial charge is 0.332 e. The molecule has 1 aromatic carbocycles. The zero-order valence-electron chi connectivity index (χ0n) is 19.1. The molecule has 34 heavy (non-hydrogen) atoms. The van der Waals surface area contributed by atoms with Crippen molar-refractivity contribution in [2.24, 2.45) is 14.1 Å². The first-order valence-electron chi connectivity index (χ1n) is 10.9. The normalized spacial score (nSPS) is 18.4. The Kier molecular flexibility index (Phi) is 5.33. The number of amides is 1. The zero-order valence-corrected chi connectivity index (χ0v) is 19.1. The maximum Gasteiger partial charge on any atom is 0.332 e. The first-order valence-corrected chi connectivity index (χ1v) is 10.9. The van der Waals surface area contributed by atoms with E-state index in [1.165, 1.54) is 17.9 Å². The molecule has 12 heteroatoms. The highest BCUT2D eigenvalue weighted by atomic mass is 16.5. The van der Waals surface area contributed by atoms with Crippen molar-refractivity contribution in [1.29, 1.82) is 0 Å². The summed E-state index contributed by atoms with van der Waals surface area (Å²) >= 11 is 0. The molecule has 1 N–H and O–H groups in total. The van der Waals surface area contributed by atoms with Crippen molar-refractivity contribution in [2.75, 3.05) is 26.8 Å². The summed E-state index contributed by atoms with van der Waals surface area (Å²) in [6.07, 6.45) is 2.26. The van der Waals surface area contributed by atoms with Crippen LogP contribution in [0.15, 0.2) is 40.4 Å². The summed E-state index contributed by atoms with van der Waals surface area (Å²) in [6, 6.07) is 4.78. The molecular formula is C22H25N7O5. The summed E-state index contributed by atoms with van der Waals surface area (Å²) in [5.41, 5.74) is 1.53. The number of carbonyl (C=O) groups excluding carboxylic acids is 1. The standard InChI is InChI=1S/C22H25N7O5/c1-25-19-18(21(32)26(2)22(25)33)24-12-29(19)16-9-28(10-17(16)30)20(31)13-4-5-15-14(8-13)23-11-27(15)6-7-34-3/h4-5,8,11-12,16-17,30H,6-7,9-10H2,1-3H3/t16-,17-/m0/s1. The number of benzene rings is 1. The van der Waals surface area contributed by atoms with E-state index in [0.717, 1.165) is 10.1 Å². The molecule has 0 radical (unpaired) electrons. The van der Waals surface area contributed by atoms with E-state index < -0.39 is 23.4 Å². The molecule has 0 unspecified atom stereocenters. The van der Waals surface area contributed by atoms with Gasteiger partial charge in [-0.25, -0.2) is 14.8 Å². The van der Waals surface area contributed by atoms with Crippen LogP contribution in [0.3, 0.4) is 0 Å². The van der Waals surface area contributed by atoms with E-state index in [1.807, 2.05) is 10.6 Å². The van der Waals surface area contributed by atoms with Gasteiger partial charge in [-0.1, -0.05) is 0 Å². The highest BCUT2D eigenvalue weighted by molar-refractivity contribution is 5.97. The Balaban J connectivity index is 1.44. The molecule has 0 aliphatic carbocycles. The van der Waals surface area contributed by atoms with E-state index in [9.17, 15) is 19.5 Å². The van der Waals surface area contributed by atoms with Crippen LogP contribution in [-0.4, -0.2) is 77.1 Å². The van der Waals surface area contributed by atoms with Crippen LogP contribution >= 0.6 is 0 Å². The summed E-state index contributed by atoms with van der Waals surface area (Å²) in [4.78, 5) is 48.3. The van der Waals surface area contributed by atoms with Gasteiger partial charge in [0.15, 0.2) is 5.52 Å². The number of aliphatic hydroxyl groups excluding tert-OH is 1. The van der Waals surface area contributed by atoms with E-state index in [4.69, 9.17) is 4.74 Å². The van der Waals surface area contributed by atoms with Crippen molar-refractivity contribution >= 4 is 28.1 Å². The lowest BCUT2D eigenvalue weighted by atomic mass is 10.1. The molecule has 5 rings (SSSR count). The molecule has 3 aromatic heterocycles. The third-order valence-electron chi connectivity index (χ3n) is 6.47. The van der Waals surface area contributed by atoms with Crippen LogP contribution in [0, 0.1) is 0 Å². The fourth-order valence-corrected chi connectivity index (χ4v) is 4.60. The lowest BCUT2D eigenvalue weighted by Gasteiger charge is -2.18. The molecule has 12 nitrogen and oxygen atoms in total. The van der Waals surface area contributed by atoms with Crippen molar-refractivity contribution < 1.29 is 14.6 Å². The third-order valence-corrected chi connectivity index (χ3v) is 6.47. The number of methoxy groups -OCH3 is 1. The first-order chi connectivity index (χ1) is 16.3. The number of aryl methyl sites for hydroxylation is 1. The van der Waals surface area contributed by atoms with Gasteiger partial charge in [-0.15, -0.1) is 0 Å². The van der Waals surface area contributed by atoms with E-state index in [0.29, 0.717) is 29.9 Å². The lowest BCUT2D eigenvalue weighted by molar-refractivity contribution is 0.0765. The van der Waals surface area contributed by atoms with Crippen molar-refractivity contribution in [3.63, 3.8) is 0 Å². The van der Waals surface area contributed by atoms with E-state index in [2.05, 4.69) is 9.97 Å². The second-order valence-electron chi connectivity index (χ2n) is 8.51. The predicted molar refractivity (Wildman–Crippen MR) is 123 cm³/mol. The highest BCUT2D eigenvalue weighted by Gasteiger charge is 2.37. The minimum Gasteiger partial charge on any atom is -0.389 e. The molecule has 0 spiro atoms. The minimum atomic E-state index is -0.891. The van der Waals surface area contributed by atoms with Gasteiger partial charge in [0.05, 0.1) is 42.4 Å². The van der Waals surface area contributed by atoms with Crippen LogP contribution in [0.25, 0.3) is 22.2 Å². The summed E-state index contributed by atoms with van der Waals surface area (Å²) < 4.78 is 11.0. The Morgan fingerprint density at radius 2 is 1.94 bits per heavy atom. The zero-order chi connectivity index (χ0) is 24.1. The Bertz CT molecular complexity index is 1530. The molecule has 4 aromatic rings. The van der Waals surface area contributed by atoms with Gasteiger partial charge in [-0.3, -0.25) is 18.7 Å². The number of fused-ring (bicyclic) bond motifs is 2. The van der Waals surface area contributed by atoms with Crippen LogP contribution in [0.5, 0.6) is 0 Å². The average Bonchev–Trinajstić information content (AvgIpc) is 3.55. The average molecular weight is 467 g/mol. The van der Waals surface area contributed by atoms with Crippen LogP contribution in [0.1, 0.15) is 16.4 Å². The first kappa shape index (κ1) is 22.0. The number of hydrogen-bond acceptors (Lipinski definition) is 7. The van der Waals surface area contributed by atoms with Crippen molar-refractivity contribution in [1.82, 2.24) is 33.1 Å². The molecule has 1 aliphatic rings. The second-order valence-corrected chi connectivity index (χ2v) is 8.51. The van der Waals surface area contributed by atoms with Gasteiger partial charge in [0, 0.05) is 46.4 Å². The maximum absolute atomic E-state index is 13.2. The van der Waals surface area contributed by atoms with Crippen LogP contribution in [0.4, 0.5) is 0 Å². The van der Waals surface area contributed by atoms with Crippen LogP contribution in [0.2, 0.25) is 0 Å². The van der Waals surface area contributed by atoms with E-state index in [1.54, 1.807) is 42.1 Å². The molecule has 178 valence electrons. The van der Waals surface area contributed by atoms with Gasteiger partial charge in [-0.05, 0) is 18.2 Å². The lowest BCUT2D eigenvalue weighted by Crippen LogP contribution is -2.38. The van der Waals surface area contributed by atoms with Gasteiger partial charge in [0.2, 0.25) is 0 Å². The molecule has 0 bridgehead atoms. The summed E-state index contributed by atoms with van der Waals surface area (Å²) in [6.45, 7) is 1.53. The molecule has 1 saturated heterocycles. The Morgan fingerprint density at radius 1 is 1.15 bits per heavy atom. The van der Waals surface area contributed by atoms with Gasteiger partial charge in [0.1, 0.15) is 5.65 Å². The molecule has 0 saturated carbocycles. The molecule has 1 amide bonds. The summed E-state index contributed by atoms with van der Waals surface area (Å²) in [7, 11) is 4.58. The number of imidazole rings is 2. The maximum atomic E-state index is 13.2. The fourth-order valence-electron chi connectivity index (χ4n) is 4.60. The summed E-state index contributed by atoms with van der Waals surface area (Å²) in [5, 5.41) is 10.8. The predicted octanol–water partition coefficient (Wildman–Crippen LogP) is -0.512. The third kappa shape index (κ3) is 3.33. The number of nitrogens with zero attached hydrogens (tertiary/aromatic N) is 7. The fraction of sp³-hybridized carbons (Fsp3) is 0.409. The highest BCUT2D eigenvalue weighted by Crippen LogP contribution is 2.27. The van der Waals surface area contributed by atoms with Crippen molar-refractivity contribution in [3.8, 4) is 0 Å². The van der Waals surface area contributed by atoms with Gasteiger partial charge >= 0.3 is 5.69 Å². The number of β-amino-alcohol motifs (C(OH)–C–C–N with tert-alkyl or cyclic N) is 1. The molecule has 2 atom stereocenters. The number of carbonyl (C=O) groups is 1. The largest absolute Gasteiger partial charge is 0.389 e. The van der Waals surface area contributed by atoms with Gasteiger partial charge < -0.3 is 23.9 Å². The number of ether oxygens (including phenoxy) is 1. The molecule has 4 heterocycles. The quantitative estimate of drug-likeness (QED) is 0.418. The summed E-state index contributed by atoms with van der Waals surface area (Å²) in [5.74, 6) is -0.232. The Hall–Kier alpha value is -3.77. The number of hydrogen-bond donors (Lipinski definition) is 1. The monoisotopic (exact) mass is 467 g/mol. The van der Waals surface area contributed by atoms with Crippen LogP contribution < -0.4 is 11.2 Å². The second kappa shape index (κ2) is 8.22. The molecule has 1 fully saturated rings.